The van der Waals surface area contributed by atoms with E-state index in [-0.39, 0.29) is 12.8 Å². The lowest BCUT2D eigenvalue weighted by molar-refractivity contribution is -0.0430. The fourth-order valence-electron chi connectivity index (χ4n) is 2.27. The van der Waals surface area contributed by atoms with Crippen LogP contribution < -0.4 is 0 Å². The lowest BCUT2D eigenvalue weighted by Crippen LogP contribution is -2.24. The molecule has 2 aromatic rings. The van der Waals surface area contributed by atoms with E-state index in [1.165, 1.54) is 6.33 Å². The van der Waals surface area contributed by atoms with Crippen LogP contribution in [0.3, 0.4) is 0 Å². The van der Waals surface area contributed by atoms with Crippen molar-refractivity contribution in [3.63, 3.8) is 0 Å². The molecule has 0 radical (unpaired) electrons. The van der Waals surface area contributed by atoms with Gasteiger partial charge in [-0.3, -0.25) is 0 Å². The first-order valence-corrected chi connectivity index (χ1v) is 7.18. The van der Waals surface area contributed by atoms with Crippen molar-refractivity contribution in [3.8, 4) is 0 Å². The fourth-order valence-corrected chi connectivity index (χ4v) is 3.46. The van der Waals surface area contributed by atoms with E-state index in [1.807, 2.05) is 10.8 Å². The molecule has 6 nitrogen and oxygen atoms in total. The third-order valence-corrected chi connectivity index (χ3v) is 4.32. The van der Waals surface area contributed by atoms with Gasteiger partial charge in [-0.1, -0.05) is 11.6 Å². The van der Waals surface area contributed by atoms with Crippen LogP contribution >= 0.6 is 34.2 Å². The minimum Gasteiger partial charge on any atom is -0.394 e. The summed E-state index contributed by atoms with van der Waals surface area (Å²) in [5.41, 5.74) is 0.667. The zero-order valence-electron chi connectivity index (χ0n) is 9.70. The molecule has 2 aromatic heterocycles. The Hall–Kier alpha value is -0.480. The van der Waals surface area contributed by atoms with Crippen molar-refractivity contribution < 1.29 is 14.9 Å². The standard InChI is InChI=1S/C11H11ClIN3O3/c12-10-9-5(13)2-16(11(9)15-4-14-10)8-1-6(18)7(3-17)19-8/h2,4,6-8,17-18H,1,3H2/t6-,7+,8+/m1/s1. The number of aliphatic hydroxyl groups excluding tert-OH is 2. The molecule has 8 heteroatoms. The summed E-state index contributed by atoms with van der Waals surface area (Å²) >= 11 is 8.23. The fraction of sp³-hybridized carbons (Fsp3) is 0.455. The van der Waals surface area contributed by atoms with Gasteiger partial charge in [0.2, 0.25) is 0 Å². The zero-order chi connectivity index (χ0) is 13.6. The molecule has 1 aliphatic heterocycles. The molecule has 3 rings (SSSR count). The first-order chi connectivity index (χ1) is 9.11. The number of hydrogen-bond donors (Lipinski definition) is 2. The number of ether oxygens (including phenoxy) is 1. The average Bonchev–Trinajstić information content (AvgIpc) is 2.91. The van der Waals surface area contributed by atoms with Crippen LogP contribution in [0.2, 0.25) is 5.15 Å². The van der Waals surface area contributed by atoms with Gasteiger partial charge in [0, 0.05) is 16.2 Å². The van der Waals surface area contributed by atoms with Crippen LogP contribution in [0.1, 0.15) is 12.6 Å². The zero-order valence-corrected chi connectivity index (χ0v) is 12.6. The van der Waals surface area contributed by atoms with Crippen molar-refractivity contribution in [2.45, 2.75) is 24.9 Å². The summed E-state index contributed by atoms with van der Waals surface area (Å²) in [5, 5.41) is 20.1. The largest absolute Gasteiger partial charge is 0.394 e. The van der Waals surface area contributed by atoms with E-state index >= 15 is 0 Å². The molecule has 19 heavy (non-hydrogen) atoms. The Kier molecular flexibility index (Phi) is 3.65. The lowest BCUT2D eigenvalue weighted by atomic mass is 10.2. The maximum atomic E-state index is 9.80. The van der Waals surface area contributed by atoms with Gasteiger partial charge >= 0.3 is 0 Å². The lowest BCUT2D eigenvalue weighted by Gasteiger charge is -2.14. The molecular formula is C11H11ClIN3O3. The van der Waals surface area contributed by atoms with E-state index in [1.54, 1.807) is 0 Å². The predicted molar refractivity (Wildman–Crippen MR) is 76.9 cm³/mol. The Morgan fingerprint density at radius 1 is 1.53 bits per heavy atom. The van der Waals surface area contributed by atoms with Gasteiger partial charge in [0.05, 0.1) is 18.1 Å². The average molecular weight is 396 g/mol. The third-order valence-electron chi connectivity index (χ3n) is 3.21. The van der Waals surface area contributed by atoms with Crippen LogP contribution in [0.5, 0.6) is 0 Å². The topological polar surface area (TPSA) is 80.4 Å². The summed E-state index contributed by atoms with van der Waals surface area (Å²) in [6.45, 7) is -0.205. The summed E-state index contributed by atoms with van der Waals surface area (Å²) in [6.07, 6.45) is 2.07. The van der Waals surface area contributed by atoms with Crippen LogP contribution in [-0.4, -0.2) is 43.6 Å². The van der Waals surface area contributed by atoms with Crippen LogP contribution in [0.25, 0.3) is 11.0 Å². The van der Waals surface area contributed by atoms with Gasteiger partial charge in [0.25, 0.3) is 0 Å². The molecule has 2 N–H and O–H groups in total. The second-order valence-corrected chi connectivity index (χ2v) is 5.88. The second-order valence-electron chi connectivity index (χ2n) is 4.36. The van der Waals surface area contributed by atoms with Gasteiger partial charge < -0.3 is 19.5 Å². The van der Waals surface area contributed by atoms with E-state index in [2.05, 4.69) is 32.6 Å². The molecule has 0 spiro atoms. The number of halogens is 2. The van der Waals surface area contributed by atoms with Crippen molar-refractivity contribution in [2.24, 2.45) is 0 Å². The summed E-state index contributed by atoms with van der Waals surface area (Å²) in [7, 11) is 0. The maximum Gasteiger partial charge on any atom is 0.148 e. The SMILES string of the molecule is OC[C@@H]1O[C@H](n2cc(I)c3c(Cl)ncnc32)C[C@H]1O. The van der Waals surface area contributed by atoms with Gasteiger partial charge in [-0.25, -0.2) is 9.97 Å². The molecule has 0 bridgehead atoms. The smallest absolute Gasteiger partial charge is 0.148 e. The van der Waals surface area contributed by atoms with E-state index < -0.39 is 12.2 Å². The molecule has 3 heterocycles. The summed E-state index contributed by atoms with van der Waals surface area (Å²) in [6, 6.07) is 0. The first-order valence-electron chi connectivity index (χ1n) is 5.72. The van der Waals surface area contributed by atoms with E-state index in [0.29, 0.717) is 17.2 Å². The van der Waals surface area contributed by atoms with Gasteiger partial charge in [0.15, 0.2) is 0 Å². The normalized spacial score (nSPS) is 27.3. The van der Waals surface area contributed by atoms with Crippen molar-refractivity contribution in [3.05, 3.63) is 21.2 Å². The highest BCUT2D eigenvalue weighted by Crippen LogP contribution is 2.34. The highest BCUT2D eigenvalue weighted by molar-refractivity contribution is 14.1. The number of rotatable bonds is 2. The number of hydrogen-bond acceptors (Lipinski definition) is 5. The number of aliphatic hydroxyl groups is 2. The number of nitrogens with zero attached hydrogens (tertiary/aromatic N) is 3. The monoisotopic (exact) mass is 395 g/mol. The Balaban J connectivity index is 2.05. The van der Waals surface area contributed by atoms with E-state index in [4.69, 9.17) is 21.4 Å². The van der Waals surface area contributed by atoms with Crippen LogP contribution in [-0.2, 0) is 4.74 Å². The van der Waals surface area contributed by atoms with Gasteiger partial charge in [-0.05, 0) is 22.6 Å². The summed E-state index contributed by atoms with van der Waals surface area (Å²) < 4.78 is 8.37. The van der Waals surface area contributed by atoms with Gasteiger partial charge in [0.1, 0.15) is 29.5 Å². The second kappa shape index (κ2) is 5.13. The van der Waals surface area contributed by atoms with Gasteiger partial charge in [-0.2, -0.15) is 0 Å². The quantitative estimate of drug-likeness (QED) is 0.592. The van der Waals surface area contributed by atoms with Crippen LogP contribution in [0.15, 0.2) is 12.5 Å². The minimum absolute atomic E-state index is 0.205. The van der Waals surface area contributed by atoms with Crippen LogP contribution in [0.4, 0.5) is 0 Å². The highest BCUT2D eigenvalue weighted by atomic mass is 127. The number of fused-ring (bicyclic) bond motifs is 1. The van der Waals surface area contributed by atoms with Crippen LogP contribution in [0, 0.1) is 3.57 Å². The molecule has 0 amide bonds. The predicted octanol–water partition coefficient (Wildman–Crippen LogP) is 1.33. The van der Waals surface area contributed by atoms with Crippen molar-refractivity contribution in [1.29, 1.82) is 0 Å². The van der Waals surface area contributed by atoms with Crippen molar-refractivity contribution in [2.75, 3.05) is 6.61 Å². The molecule has 1 saturated heterocycles. The molecule has 0 saturated carbocycles. The third kappa shape index (κ3) is 2.23. The minimum atomic E-state index is -0.678. The Morgan fingerprint density at radius 2 is 2.32 bits per heavy atom. The molecule has 0 unspecified atom stereocenters. The van der Waals surface area contributed by atoms with Crippen molar-refractivity contribution >= 4 is 45.2 Å². The molecule has 0 aromatic carbocycles. The van der Waals surface area contributed by atoms with Gasteiger partial charge in [-0.15, -0.1) is 0 Å². The molecule has 102 valence electrons. The Morgan fingerprint density at radius 3 is 3.00 bits per heavy atom. The Bertz CT molecular complexity index is 620. The molecule has 1 fully saturated rings. The van der Waals surface area contributed by atoms with E-state index in [9.17, 15) is 5.11 Å². The molecule has 0 aliphatic carbocycles. The Labute approximate surface area is 127 Å². The summed E-state index contributed by atoms with van der Waals surface area (Å²) in [5.74, 6) is 0. The summed E-state index contributed by atoms with van der Waals surface area (Å²) in [4.78, 5) is 8.18. The maximum absolute atomic E-state index is 9.80. The first kappa shape index (κ1) is 13.5. The van der Waals surface area contributed by atoms with E-state index in [0.717, 1.165) is 8.96 Å². The van der Waals surface area contributed by atoms with Crippen molar-refractivity contribution in [1.82, 2.24) is 14.5 Å². The highest BCUT2D eigenvalue weighted by Gasteiger charge is 2.35. The molecule has 1 aliphatic rings. The molecule has 3 atom stereocenters. The number of aromatic nitrogens is 3. The molecular weight excluding hydrogens is 384 g/mol.